The molecule has 3 N–H and O–H groups in total. The molecule has 3 rings (SSSR count). The van der Waals surface area contributed by atoms with E-state index in [1.165, 1.54) is 22.9 Å². The third kappa shape index (κ3) is 4.76. The van der Waals surface area contributed by atoms with Crippen molar-refractivity contribution in [3.8, 4) is 5.69 Å². The molecule has 0 fully saturated rings. The number of nitrogens with two attached hydrogens (primary N) is 1. The second-order valence-corrected chi connectivity index (χ2v) is 7.23. The van der Waals surface area contributed by atoms with Crippen molar-refractivity contribution in [2.24, 2.45) is 5.73 Å². The van der Waals surface area contributed by atoms with Crippen LogP contribution < -0.4 is 11.1 Å². The monoisotopic (exact) mass is 430 g/mol. The molecule has 6 nitrogen and oxygen atoms in total. The third-order valence-electron chi connectivity index (χ3n) is 4.97. The lowest BCUT2D eigenvalue weighted by Gasteiger charge is -2.10. The number of rotatable bonds is 5. The number of amides is 2. The number of anilines is 1. The summed E-state index contributed by atoms with van der Waals surface area (Å²) in [5, 5.41) is 7.08. The van der Waals surface area contributed by atoms with E-state index in [0.29, 0.717) is 33.8 Å². The van der Waals surface area contributed by atoms with Crippen molar-refractivity contribution in [1.82, 2.24) is 9.78 Å². The Bertz CT molecular complexity index is 1170. The number of carbonyl (C=O) groups excluding carboxylic acids is 2. The van der Waals surface area contributed by atoms with Gasteiger partial charge >= 0.3 is 6.18 Å². The van der Waals surface area contributed by atoms with E-state index in [2.05, 4.69) is 10.4 Å². The Morgan fingerprint density at radius 1 is 1.10 bits per heavy atom. The lowest BCUT2D eigenvalue weighted by atomic mass is 10.1. The van der Waals surface area contributed by atoms with Gasteiger partial charge in [-0.15, -0.1) is 0 Å². The Balaban J connectivity index is 1.82. The van der Waals surface area contributed by atoms with E-state index in [4.69, 9.17) is 5.73 Å². The number of carbonyl (C=O) groups is 2. The predicted octanol–water partition coefficient (Wildman–Crippen LogP) is 4.10. The van der Waals surface area contributed by atoms with Gasteiger partial charge in [-0.25, -0.2) is 4.68 Å². The van der Waals surface area contributed by atoms with E-state index < -0.39 is 17.6 Å². The summed E-state index contributed by atoms with van der Waals surface area (Å²) in [7, 11) is 0. The van der Waals surface area contributed by atoms with Gasteiger partial charge in [0.05, 0.1) is 23.4 Å². The second kappa shape index (κ2) is 8.25. The molecular weight excluding hydrogens is 409 g/mol. The summed E-state index contributed by atoms with van der Waals surface area (Å²) in [6.07, 6.45) is -4.47. The Morgan fingerprint density at radius 3 is 2.42 bits per heavy atom. The largest absolute Gasteiger partial charge is 0.416 e. The molecule has 0 radical (unpaired) electrons. The number of hydrogen-bond acceptors (Lipinski definition) is 3. The topological polar surface area (TPSA) is 90.0 Å². The zero-order valence-electron chi connectivity index (χ0n) is 17.2. The molecule has 0 aliphatic heterocycles. The minimum absolute atomic E-state index is 0.00670. The van der Waals surface area contributed by atoms with Gasteiger partial charge in [-0.05, 0) is 62.7 Å². The van der Waals surface area contributed by atoms with Crippen molar-refractivity contribution in [3.05, 3.63) is 76.1 Å². The molecule has 1 heterocycles. The van der Waals surface area contributed by atoms with Gasteiger partial charge in [0.1, 0.15) is 0 Å². The van der Waals surface area contributed by atoms with Crippen LogP contribution in [0.4, 0.5) is 18.9 Å². The molecule has 2 amide bonds. The number of primary amides is 1. The quantitative estimate of drug-likeness (QED) is 0.639. The van der Waals surface area contributed by atoms with E-state index >= 15 is 0 Å². The first kappa shape index (κ1) is 22.1. The van der Waals surface area contributed by atoms with Crippen LogP contribution in [0.3, 0.4) is 0 Å². The maximum atomic E-state index is 13.0. The molecule has 0 aliphatic rings. The lowest BCUT2D eigenvalue weighted by molar-refractivity contribution is -0.137. The minimum Gasteiger partial charge on any atom is -0.366 e. The molecule has 2 aromatic carbocycles. The van der Waals surface area contributed by atoms with Gasteiger partial charge in [0, 0.05) is 22.5 Å². The zero-order chi connectivity index (χ0) is 22.9. The fourth-order valence-electron chi connectivity index (χ4n) is 3.38. The molecule has 1 aromatic heterocycles. The number of hydrogen-bond donors (Lipinski definition) is 2. The van der Waals surface area contributed by atoms with Gasteiger partial charge < -0.3 is 11.1 Å². The Morgan fingerprint density at radius 2 is 1.81 bits per heavy atom. The summed E-state index contributed by atoms with van der Waals surface area (Å²) in [4.78, 5) is 23.9. The minimum atomic E-state index is -4.46. The molecule has 3 aromatic rings. The highest BCUT2D eigenvalue weighted by molar-refractivity contribution is 5.96. The van der Waals surface area contributed by atoms with E-state index in [0.717, 1.165) is 12.1 Å². The van der Waals surface area contributed by atoms with Crippen LogP contribution in [0.15, 0.2) is 42.5 Å². The van der Waals surface area contributed by atoms with Crippen molar-refractivity contribution in [2.45, 2.75) is 33.4 Å². The van der Waals surface area contributed by atoms with Crippen molar-refractivity contribution >= 4 is 17.5 Å². The van der Waals surface area contributed by atoms with Crippen molar-refractivity contribution in [2.75, 3.05) is 5.32 Å². The van der Waals surface area contributed by atoms with Crippen LogP contribution in [-0.2, 0) is 17.4 Å². The Kier molecular flexibility index (Phi) is 5.88. The molecule has 0 atom stereocenters. The van der Waals surface area contributed by atoms with Crippen molar-refractivity contribution in [1.29, 1.82) is 0 Å². The van der Waals surface area contributed by atoms with Gasteiger partial charge in [-0.2, -0.15) is 18.3 Å². The first-order chi connectivity index (χ1) is 14.5. The molecule has 9 heteroatoms. The lowest BCUT2D eigenvalue weighted by Crippen LogP contribution is -2.17. The SMILES string of the molecule is Cc1cc(NC(=O)Cc2c(C)nn(-c3cccc(C(F)(F)F)c3)c2C)ccc1C(N)=O. The zero-order valence-corrected chi connectivity index (χ0v) is 17.2. The molecule has 0 bridgehead atoms. The Hall–Kier alpha value is -3.62. The van der Waals surface area contributed by atoms with Crippen molar-refractivity contribution < 1.29 is 22.8 Å². The normalized spacial score (nSPS) is 11.4. The summed E-state index contributed by atoms with van der Waals surface area (Å²) in [6, 6.07) is 9.62. The summed E-state index contributed by atoms with van der Waals surface area (Å²) in [5.41, 5.74) is 8.04. The number of alkyl halides is 3. The van der Waals surface area contributed by atoms with Crippen molar-refractivity contribution in [3.63, 3.8) is 0 Å². The van der Waals surface area contributed by atoms with Gasteiger partial charge in [-0.3, -0.25) is 9.59 Å². The number of halogens is 3. The maximum absolute atomic E-state index is 13.0. The van der Waals surface area contributed by atoms with Crippen LogP contribution >= 0.6 is 0 Å². The van der Waals surface area contributed by atoms with Gasteiger partial charge in [-0.1, -0.05) is 6.07 Å². The number of aryl methyl sites for hydroxylation is 2. The van der Waals surface area contributed by atoms with Gasteiger partial charge in [0.2, 0.25) is 11.8 Å². The molecule has 0 saturated heterocycles. The molecule has 0 saturated carbocycles. The standard InChI is InChI=1S/C22H21F3N4O2/c1-12-9-16(7-8-18(12)21(26)31)27-20(30)11-19-13(2)28-29(14(19)3)17-6-4-5-15(10-17)22(23,24)25/h4-10H,11H2,1-3H3,(H2,26,31)(H,27,30). The molecule has 0 aliphatic carbocycles. The van der Waals surface area contributed by atoms with E-state index in [9.17, 15) is 22.8 Å². The average molecular weight is 430 g/mol. The molecule has 0 spiro atoms. The Labute approximate surface area is 176 Å². The van der Waals surface area contributed by atoms with Gasteiger partial charge in [0.25, 0.3) is 0 Å². The third-order valence-corrected chi connectivity index (χ3v) is 4.97. The first-order valence-electron chi connectivity index (χ1n) is 9.40. The fourth-order valence-corrected chi connectivity index (χ4v) is 3.38. The summed E-state index contributed by atoms with van der Waals surface area (Å²) in [6.45, 7) is 5.11. The van der Waals surface area contributed by atoms with Gasteiger partial charge in [0.15, 0.2) is 0 Å². The number of aromatic nitrogens is 2. The highest BCUT2D eigenvalue weighted by Gasteiger charge is 2.30. The van der Waals surface area contributed by atoms with E-state index in [1.807, 2.05) is 0 Å². The highest BCUT2D eigenvalue weighted by atomic mass is 19.4. The van der Waals surface area contributed by atoms with Crippen LogP contribution in [0.2, 0.25) is 0 Å². The smallest absolute Gasteiger partial charge is 0.366 e. The number of nitrogens with one attached hydrogen (secondary N) is 1. The van der Waals surface area contributed by atoms with E-state index in [1.54, 1.807) is 32.9 Å². The number of benzene rings is 2. The maximum Gasteiger partial charge on any atom is 0.416 e. The van der Waals surface area contributed by atoms with Crippen LogP contribution in [0.1, 0.15) is 38.4 Å². The predicted molar refractivity (Wildman–Crippen MR) is 110 cm³/mol. The van der Waals surface area contributed by atoms with Crippen LogP contribution in [0.5, 0.6) is 0 Å². The van der Waals surface area contributed by atoms with Crippen LogP contribution in [-0.4, -0.2) is 21.6 Å². The summed E-state index contributed by atoms with van der Waals surface area (Å²) in [5.74, 6) is -0.871. The fraction of sp³-hybridized carbons (Fsp3) is 0.227. The molecular formula is C22H21F3N4O2. The van der Waals surface area contributed by atoms with Crippen LogP contribution in [0.25, 0.3) is 5.69 Å². The number of nitrogens with zero attached hydrogens (tertiary/aromatic N) is 2. The molecule has 162 valence electrons. The first-order valence-corrected chi connectivity index (χ1v) is 9.40. The second-order valence-electron chi connectivity index (χ2n) is 7.23. The highest BCUT2D eigenvalue weighted by Crippen LogP contribution is 2.31. The molecule has 31 heavy (non-hydrogen) atoms. The van der Waals surface area contributed by atoms with Crippen LogP contribution in [0, 0.1) is 20.8 Å². The summed E-state index contributed by atoms with van der Waals surface area (Å²) < 4.78 is 40.5. The summed E-state index contributed by atoms with van der Waals surface area (Å²) >= 11 is 0. The molecule has 0 unspecified atom stereocenters. The van der Waals surface area contributed by atoms with E-state index in [-0.39, 0.29) is 18.0 Å². The average Bonchev–Trinajstić information content (AvgIpc) is 2.95.